The summed E-state index contributed by atoms with van der Waals surface area (Å²) in [5.74, 6) is -0.0819. The summed E-state index contributed by atoms with van der Waals surface area (Å²) in [5.41, 5.74) is 4.95. The van der Waals surface area contributed by atoms with Gasteiger partial charge in [-0.25, -0.2) is 9.79 Å². The normalized spacial score (nSPS) is 21.0. The van der Waals surface area contributed by atoms with Crippen molar-refractivity contribution < 1.29 is 14.3 Å². The number of alkyl carbamates (subject to hydrolysis) is 1. The number of nitrogens with two attached hydrogens (primary N) is 1. The third-order valence-corrected chi connectivity index (χ3v) is 1.98. The summed E-state index contributed by atoms with van der Waals surface area (Å²) in [6, 6.07) is 0. The molecule has 1 atom stereocenters. The molecule has 1 aliphatic heterocycles. The van der Waals surface area contributed by atoms with Gasteiger partial charge < -0.3 is 10.5 Å². The zero-order chi connectivity index (χ0) is 13.2. The molecule has 1 aliphatic rings. The summed E-state index contributed by atoms with van der Waals surface area (Å²) in [7, 11) is 1.52. The van der Waals surface area contributed by atoms with E-state index < -0.39 is 17.9 Å². The molecule has 0 aromatic rings. The molecule has 7 nitrogen and oxygen atoms in total. The van der Waals surface area contributed by atoms with Crippen LogP contribution >= 0.6 is 0 Å². The van der Waals surface area contributed by atoms with E-state index in [1.165, 1.54) is 11.9 Å². The largest absolute Gasteiger partial charge is 0.444 e. The van der Waals surface area contributed by atoms with E-state index in [0.29, 0.717) is 0 Å². The first-order chi connectivity index (χ1) is 7.69. The monoisotopic (exact) mass is 242 g/mol. The summed E-state index contributed by atoms with van der Waals surface area (Å²) in [4.78, 5) is 28.2. The molecule has 0 aromatic carbocycles. The summed E-state index contributed by atoms with van der Waals surface area (Å²) in [5, 5.41) is 2.40. The van der Waals surface area contributed by atoms with Gasteiger partial charge in [-0.2, -0.15) is 0 Å². The van der Waals surface area contributed by atoms with Crippen LogP contribution < -0.4 is 11.1 Å². The summed E-state index contributed by atoms with van der Waals surface area (Å²) in [6.07, 6.45) is -1.15. The second-order valence-electron chi connectivity index (χ2n) is 4.80. The van der Waals surface area contributed by atoms with Gasteiger partial charge in [0.25, 0.3) is 0 Å². The number of ether oxygens (including phenoxy) is 1. The molecule has 7 heteroatoms. The Bertz CT molecular complexity index is 359. The summed E-state index contributed by atoms with van der Waals surface area (Å²) in [6.45, 7) is 5.24. The van der Waals surface area contributed by atoms with Gasteiger partial charge in [-0.15, -0.1) is 0 Å². The minimum atomic E-state index is -0.662. The Balaban J connectivity index is 2.67. The van der Waals surface area contributed by atoms with Gasteiger partial charge in [-0.05, 0) is 20.8 Å². The number of hydrogen-bond donors (Lipinski definition) is 2. The lowest BCUT2D eigenvalue weighted by molar-refractivity contribution is -0.127. The van der Waals surface area contributed by atoms with Gasteiger partial charge in [0.05, 0.1) is 6.42 Å². The molecule has 17 heavy (non-hydrogen) atoms. The van der Waals surface area contributed by atoms with E-state index in [1.807, 2.05) is 0 Å². The molecular weight excluding hydrogens is 224 g/mol. The zero-order valence-electron chi connectivity index (χ0n) is 10.5. The lowest BCUT2D eigenvalue weighted by Crippen LogP contribution is -2.51. The molecule has 0 fully saturated rings. The Hall–Kier alpha value is -1.63. The highest BCUT2D eigenvalue weighted by Crippen LogP contribution is 2.08. The van der Waals surface area contributed by atoms with E-state index in [9.17, 15) is 9.59 Å². The Morgan fingerprint density at radius 3 is 2.71 bits per heavy atom. The Morgan fingerprint density at radius 2 is 2.18 bits per heavy atom. The molecular formula is C10H18N4O3. The van der Waals surface area contributed by atoms with Crippen LogP contribution in [-0.2, 0) is 9.53 Å². The fourth-order valence-electron chi connectivity index (χ4n) is 1.23. The lowest BCUT2D eigenvalue weighted by Gasteiger charge is -2.27. The standard InChI is InChI=1S/C10H18N4O3/c1-10(2,3)17-9(16)13-8-12-6(11)5-7(15)14(8)4/h6H,5,11H2,1-4H3,(H,12,13,16). The van der Waals surface area contributed by atoms with Crippen molar-refractivity contribution in [2.24, 2.45) is 10.7 Å². The molecule has 96 valence electrons. The molecule has 0 spiro atoms. The molecule has 1 unspecified atom stereocenters. The molecule has 0 bridgehead atoms. The highest BCUT2D eigenvalue weighted by Gasteiger charge is 2.26. The highest BCUT2D eigenvalue weighted by molar-refractivity contribution is 6.04. The topological polar surface area (TPSA) is 97.0 Å². The van der Waals surface area contributed by atoms with Crippen LogP contribution in [0.25, 0.3) is 0 Å². The van der Waals surface area contributed by atoms with Crippen LogP contribution in [0, 0.1) is 0 Å². The van der Waals surface area contributed by atoms with Crippen LogP contribution in [0.3, 0.4) is 0 Å². The predicted octanol–water partition coefficient (Wildman–Crippen LogP) is 0.0140. The number of carbonyl (C=O) groups is 2. The zero-order valence-corrected chi connectivity index (χ0v) is 10.5. The molecule has 1 rings (SSSR count). The SMILES string of the molecule is CN1C(=O)CC(N)N=C1NC(=O)OC(C)(C)C. The first-order valence-electron chi connectivity index (χ1n) is 5.29. The molecule has 0 aliphatic carbocycles. The van der Waals surface area contributed by atoms with Crippen molar-refractivity contribution in [1.29, 1.82) is 0 Å². The third kappa shape index (κ3) is 4.03. The van der Waals surface area contributed by atoms with Gasteiger partial charge in [0.1, 0.15) is 11.8 Å². The fourth-order valence-corrected chi connectivity index (χ4v) is 1.23. The van der Waals surface area contributed by atoms with Crippen LogP contribution in [0.1, 0.15) is 27.2 Å². The van der Waals surface area contributed by atoms with Crippen molar-refractivity contribution in [1.82, 2.24) is 10.2 Å². The summed E-state index contributed by atoms with van der Waals surface area (Å²) >= 11 is 0. The molecule has 0 radical (unpaired) electrons. The smallest absolute Gasteiger partial charge is 0.414 e. The van der Waals surface area contributed by atoms with Crippen molar-refractivity contribution in [2.75, 3.05) is 7.05 Å². The van der Waals surface area contributed by atoms with Gasteiger partial charge in [-0.1, -0.05) is 0 Å². The molecule has 3 N–H and O–H groups in total. The van der Waals surface area contributed by atoms with E-state index in [1.54, 1.807) is 20.8 Å². The van der Waals surface area contributed by atoms with E-state index in [0.717, 1.165) is 0 Å². The average molecular weight is 242 g/mol. The molecule has 0 saturated heterocycles. The maximum absolute atomic E-state index is 11.5. The van der Waals surface area contributed by atoms with E-state index in [-0.39, 0.29) is 18.3 Å². The third-order valence-electron chi connectivity index (χ3n) is 1.98. The number of nitrogens with zero attached hydrogens (tertiary/aromatic N) is 2. The van der Waals surface area contributed by atoms with Gasteiger partial charge in [0, 0.05) is 7.05 Å². The second-order valence-corrected chi connectivity index (χ2v) is 4.80. The van der Waals surface area contributed by atoms with Crippen molar-refractivity contribution in [2.45, 2.75) is 39.0 Å². The number of nitrogens with one attached hydrogen (secondary N) is 1. The number of amides is 2. The number of aliphatic imine (C=N–C) groups is 1. The average Bonchev–Trinajstić information content (AvgIpc) is 2.10. The quantitative estimate of drug-likeness (QED) is 0.625. The molecule has 0 saturated carbocycles. The maximum Gasteiger partial charge on any atom is 0.414 e. The number of rotatable bonds is 0. The Kier molecular flexibility index (Phi) is 3.72. The fraction of sp³-hybridized carbons (Fsp3) is 0.700. The van der Waals surface area contributed by atoms with Gasteiger partial charge >= 0.3 is 6.09 Å². The van der Waals surface area contributed by atoms with Gasteiger partial charge in [0.2, 0.25) is 11.9 Å². The minimum Gasteiger partial charge on any atom is -0.444 e. The lowest BCUT2D eigenvalue weighted by atomic mass is 10.2. The molecule has 0 aromatic heterocycles. The van der Waals surface area contributed by atoms with Crippen molar-refractivity contribution in [3.8, 4) is 0 Å². The van der Waals surface area contributed by atoms with Gasteiger partial charge in [0.15, 0.2) is 0 Å². The molecule has 2 amide bonds. The van der Waals surface area contributed by atoms with E-state index >= 15 is 0 Å². The molecule has 1 heterocycles. The number of carbonyl (C=O) groups excluding carboxylic acids is 2. The summed E-state index contributed by atoms with van der Waals surface area (Å²) < 4.78 is 5.05. The van der Waals surface area contributed by atoms with Crippen molar-refractivity contribution in [3.63, 3.8) is 0 Å². The van der Waals surface area contributed by atoms with Crippen LogP contribution in [-0.4, -0.2) is 41.7 Å². The Morgan fingerprint density at radius 1 is 1.59 bits per heavy atom. The van der Waals surface area contributed by atoms with Crippen LogP contribution in [0.5, 0.6) is 0 Å². The van der Waals surface area contributed by atoms with Crippen LogP contribution in [0.15, 0.2) is 4.99 Å². The number of hydrogen-bond acceptors (Lipinski definition) is 5. The minimum absolute atomic E-state index is 0.114. The van der Waals surface area contributed by atoms with Crippen LogP contribution in [0.4, 0.5) is 4.79 Å². The van der Waals surface area contributed by atoms with Gasteiger partial charge in [-0.3, -0.25) is 15.0 Å². The maximum atomic E-state index is 11.5. The second kappa shape index (κ2) is 4.70. The first kappa shape index (κ1) is 13.4. The van der Waals surface area contributed by atoms with E-state index in [4.69, 9.17) is 10.5 Å². The van der Waals surface area contributed by atoms with Crippen molar-refractivity contribution in [3.05, 3.63) is 0 Å². The van der Waals surface area contributed by atoms with E-state index in [2.05, 4.69) is 10.3 Å². The number of guanidine groups is 1. The first-order valence-corrected chi connectivity index (χ1v) is 5.29. The van der Waals surface area contributed by atoms with Crippen molar-refractivity contribution >= 4 is 18.0 Å². The predicted molar refractivity (Wildman–Crippen MR) is 62.2 cm³/mol. The van der Waals surface area contributed by atoms with Crippen LogP contribution in [0.2, 0.25) is 0 Å². The Labute approximate surface area is 100.0 Å². The highest BCUT2D eigenvalue weighted by atomic mass is 16.6.